The molecule has 0 fully saturated rings. The number of carbonyl (C=O) groups excluding carboxylic acids is 2. The summed E-state index contributed by atoms with van der Waals surface area (Å²) >= 11 is 3.45. The zero-order valence-electron chi connectivity index (χ0n) is 20.6. The van der Waals surface area contributed by atoms with E-state index in [0.717, 1.165) is 32.7 Å². The molecule has 1 unspecified atom stereocenters. The maximum Gasteiger partial charge on any atom is 0.254 e. The van der Waals surface area contributed by atoms with Gasteiger partial charge in [-0.2, -0.15) is 0 Å². The Balaban J connectivity index is 1.57. The van der Waals surface area contributed by atoms with Crippen molar-refractivity contribution in [2.24, 2.45) is 0 Å². The molecule has 0 saturated carbocycles. The van der Waals surface area contributed by atoms with Gasteiger partial charge in [0, 0.05) is 22.3 Å². The Hall–Kier alpha value is -3.64. The van der Waals surface area contributed by atoms with Crippen molar-refractivity contribution < 1.29 is 9.59 Å². The molecule has 0 spiro atoms. The van der Waals surface area contributed by atoms with Gasteiger partial charge >= 0.3 is 0 Å². The van der Waals surface area contributed by atoms with Crippen LogP contribution < -0.4 is 4.90 Å². The molecule has 0 radical (unpaired) electrons. The molecule has 0 saturated heterocycles. The molecule has 0 N–H and O–H groups in total. The SMILES string of the molecule is Cc1ccc(C2c3cccn3-c3ccccc3N2C(=O)CN(C(=O)c2cccc(Br)c2)C(C)C)cc1. The van der Waals surface area contributed by atoms with Crippen molar-refractivity contribution in [1.82, 2.24) is 9.47 Å². The summed E-state index contributed by atoms with van der Waals surface area (Å²) in [6.07, 6.45) is 2.04. The summed E-state index contributed by atoms with van der Waals surface area (Å²) in [5.41, 5.74) is 5.53. The molecule has 0 aliphatic carbocycles. The van der Waals surface area contributed by atoms with Gasteiger partial charge in [0.15, 0.2) is 0 Å². The summed E-state index contributed by atoms with van der Waals surface area (Å²) in [5, 5.41) is 0. The minimum Gasteiger partial charge on any atom is -0.327 e. The minimum absolute atomic E-state index is 0.0274. The Morgan fingerprint density at radius 3 is 2.33 bits per heavy atom. The number of benzene rings is 3. The zero-order chi connectivity index (χ0) is 25.4. The van der Waals surface area contributed by atoms with E-state index in [4.69, 9.17) is 0 Å². The van der Waals surface area contributed by atoms with Crippen molar-refractivity contribution in [3.63, 3.8) is 0 Å². The monoisotopic (exact) mass is 541 g/mol. The van der Waals surface area contributed by atoms with Crippen LogP contribution in [-0.4, -0.2) is 33.9 Å². The van der Waals surface area contributed by atoms with Gasteiger partial charge in [-0.1, -0.05) is 64.0 Å². The van der Waals surface area contributed by atoms with Crippen LogP contribution in [-0.2, 0) is 4.79 Å². The summed E-state index contributed by atoms with van der Waals surface area (Å²) in [6.45, 7) is 5.91. The average Bonchev–Trinajstić information content (AvgIpc) is 3.36. The third kappa shape index (κ3) is 4.37. The third-order valence-corrected chi connectivity index (χ3v) is 7.14. The topological polar surface area (TPSA) is 45.6 Å². The quantitative estimate of drug-likeness (QED) is 0.288. The molecule has 0 bridgehead atoms. The molecule has 182 valence electrons. The van der Waals surface area contributed by atoms with E-state index in [2.05, 4.69) is 57.8 Å². The zero-order valence-corrected chi connectivity index (χ0v) is 22.1. The smallest absolute Gasteiger partial charge is 0.254 e. The Morgan fingerprint density at radius 1 is 0.917 bits per heavy atom. The van der Waals surface area contributed by atoms with E-state index >= 15 is 0 Å². The summed E-state index contributed by atoms with van der Waals surface area (Å²) in [6, 6.07) is 27.2. The summed E-state index contributed by atoms with van der Waals surface area (Å²) in [5.74, 6) is -0.294. The normalized spacial score (nSPS) is 14.4. The molecule has 36 heavy (non-hydrogen) atoms. The van der Waals surface area contributed by atoms with Gasteiger partial charge in [0.25, 0.3) is 5.91 Å². The number of amides is 2. The Kier molecular flexibility index (Phi) is 6.54. The lowest BCUT2D eigenvalue weighted by molar-refractivity contribution is -0.120. The second-order valence-corrected chi connectivity index (χ2v) is 10.3. The first-order valence-electron chi connectivity index (χ1n) is 12.1. The van der Waals surface area contributed by atoms with Crippen LogP contribution >= 0.6 is 15.9 Å². The van der Waals surface area contributed by atoms with E-state index in [9.17, 15) is 9.59 Å². The minimum atomic E-state index is -0.307. The summed E-state index contributed by atoms with van der Waals surface area (Å²) in [7, 11) is 0. The lowest BCUT2D eigenvalue weighted by Crippen LogP contribution is -2.48. The first-order valence-corrected chi connectivity index (χ1v) is 12.9. The highest BCUT2D eigenvalue weighted by Crippen LogP contribution is 2.42. The fourth-order valence-corrected chi connectivity index (χ4v) is 5.22. The lowest BCUT2D eigenvalue weighted by atomic mass is 9.97. The predicted octanol–water partition coefficient (Wildman–Crippen LogP) is 6.54. The highest BCUT2D eigenvalue weighted by molar-refractivity contribution is 9.10. The van der Waals surface area contributed by atoms with Gasteiger partial charge in [-0.3, -0.25) is 14.5 Å². The molecule has 2 heterocycles. The van der Waals surface area contributed by atoms with E-state index in [0.29, 0.717) is 5.56 Å². The maximum absolute atomic E-state index is 14.2. The van der Waals surface area contributed by atoms with Crippen LogP contribution in [0, 0.1) is 6.92 Å². The standard InChI is InChI=1S/C30H28BrN3O2/c1-20(2)33(30(36)23-8-6-9-24(31)18-23)19-28(35)34-26-11-5-4-10-25(26)32-17-7-12-27(32)29(34)22-15-13-21(3)14-16-22/h4-18,20,29H,19H2,1-3H3. The fraction of sp³-hybridized carbons (Fsp3) is 0.200. The molecule has 4 aromatic rings. The highest BCUT2D eigenvalue weighted by atomic mass is 79.9. The van der Waals surface area contributed by atoms with E-state index in [-0.39, 0.29) is 30.4 Å². The molecule has 1 aromatic heterocycles. The number of aromatic nitrogens is 1. The molecule has 5 nitrogen and oxygen atoms in total. The number of hydrogen-bond acceptors (Lipinski definition) is 2. The van der Waals surface area contributed by atoms with Crippen LogP contribution in [0.3, 0.4) is 0 Å². The molecule has 6 heteroatoms. The number of halogens is 1. The van der Waals surface area contributed by atoms with Crippen molar-refractivity contribution in [2.75, 3.05) is 11.4 Å². The van der Waals surface area contributed by atoms with E-state index in [1.165, 1.54) is 0 Å². The van der Waals surface area contributed by atoms with Crippen molar-refractivity contribution in [3.8, 4) is 5.69 Å². The number of anilines is 1. The number of para-hydroxylation sites is 2. The van der Waals surface area contributed by atoms with Crippen LogP contribution in [0.4, 0.5) is 5.69 Å². The van der Waals surface area contributed by atoms with Crippen molar-refractivity contribution in [3.05, 3.63) is 118 Å². The average molecular weight is 542 g/mol. The summed E-state index contributed by atoms with van der Waals surface area (Å²) in [4.78, 5) is 31.2. The van der Waals surface area contributed by atoms with Gasteiger partial charge in [0.1, 0.15) is 12.6 Å². The van der Waals surface area contributed by atoms with E-state index in [1.807, 2.05) is 67.4 Å². The van der Waals surface area contributed by atoms with Gasteiger partial charge in [-0.25, -0.2) is 0 Å². The van der Waals surface area contributed by atoms with Crippen molar-refractivity contribution >= 4 is 33.4 Å². The van der Waals surface area contributed by atoms with Gasteiger partial charge in [0.2, 0.25) is 5.91 Å². The first kappa shape index (κ1) is 24.1. The number of aryl methyl sites for hydroxylation is 1. The Morgan fingerprint density at radius 2 is 1.64 bits per heavy atom. The molecule has 3 aromatic carbocycles. The maximum atomic E-state index is 14.2. The Labute approximate surface area is 220 Å². The van der Waals surface area contributed by atoms with Gasteiger partial charge in [-0.15, -0.1) is 0 Å². The van der Waals surface area contributed by atoms with Crippen molar-refractivity contribution in [2.45, 2.75) is 32.9 Å². The number of rotatable bonds is 5. The van der Waals surface area contributed by atoms with E-state index < -0.39 is 0 Å². The van der Waals surface area contributed by atoms with E-state index in [1.54, 1.807) is 17.0 Å². The molecular weight excluding hydrogens is 514 g/mol. The number of carbonyl (C=O) groups is 2. The largest absolute Gasteiger partial charge is 0.327 e. The van der Waals surface area contributed by atoms with Gasteiger partial charge in [0.05, 0.1) is 17.1 Å². The van der Waals surface area contributed by atoms with Crippen LogP contribution in [0.25, 0.3) is 5.69 Å². The fourth-order valence-electron chi connectivity index (χ4n) is 4.82. The molecule has 1 aliphatic rings. The number of fused-ring (bicyclic) bond motifs is 3. The second kappa shape index (κ2) is 9.78. The highest BCUT2D eigenvalue weighted by Gasteiger charge is 2.37. The van der Waals surface area contributed by atoms with Crippen LogP contribution in [0.15, 0.2) is 95.6 Å². The molecule has 5 rings (SSSR count). The molecule has 1 atom stereocenters. The number of nitrogens with zero attached hydrogens (tertiary/aromatic N) is 3. The van der Waals surface area contributed by atoms with Gasteiger partial charge in [-0.05, 0) is 68.8 Å². The first-order chi connectivity index (χ1) is 17.3. The van der Waals surface area contributed by atoms with Crippen LogP contribution in [0.5, 0.6) is 0 Å². The lowest BCUT2D eigenvalue weighted by Gasteiger charge is -2.40. The van der Waals surface area contributed by atoms with Gasteiger partial charge < -0.3 is 9.47 Å². The second-order valence-electron chi connectivity index (χ2n) is 9.41. The van der Waals surface area contributed by atoms with Crippen molar-refractivity contribution in [1.29, 1.82) is 0 Å². The molecule has 1 aliphatic heterocycles. The third-order valence-electron chi connectivity index (χ3n) is 6.64. The molecule has 2 amide bonds. The predicted molar refractivity (Wildman–Crippen MR) is 147 cm³/mol. The Bertz CT molecular complexity index is 1420. The number of hydrogen-bond donors (Lipinski definition) is 0. The summed E-state index contributed by atoms with van der Waals surface area (Å²) < 4.78 is 2.98. The molecular formula is C30H28BrN3O2. The van der Waals surface area contributed by atoms with Crippen LogP contribution in [0.1, 0.15) is 47.1 Å². The van der Waals surface area contributed by atoms with Crippen LogP contribution in [0.2, 0.25) is 0 Å².